The van der Waals surface area contributed by atoms with E-state index in [0.717, 1.165) is 37.7 Å². The predicted octanol–water partition coefficient (Wildman–Crippen LogP) is 3.91. The van der Waals surface area contributed by atoms with Crippen molar-refractivity contribution in [3.63, 3.8) is 0 Å². The Morgan fingerprint density at radius 3 is 2.57 bits per heavy atom. The number of sulfonamides is 1. The maximum absolute atomic E-state index is 13.4. The van der Waals surface area contributed by atoms with Gasteiger partial charge in [0, 0.05) is 18.4 Å². The number of hydrogen-bond acceptors (Lipinski definition) is 4. The summed E-state index contributed by atoms with van der Waals surface area (Å²) in [6.45, 7) is 5.69. The van der Waals surface area contributed by atoms with Crippen LogP contribution in [0.2, 0.25) is 0 Å². The standard InChI is InChI=1S/C22H31NO4S/c1-4-6-7-8-10-19-11-9-12-21(19)23(17-22(24)27-5-2)28(25,26)20-15-13-18(3)14-16-20/h13-16,19,21H,4-7,9,11-12,17H2,1-3H3/t19-,21+/m0/s1. The molecule has 0 aliphatic heterocycles. The molecule has 0 bridgehead atoms. The average molecular weight is 406 g/mol. The van der Waals surface area contributed by atoms with Gasteiger partial charge < -0.3 is 4.74 Å². The molecule has 0 radical (unpaired) electrons. The van der Waals surface area contributed by atoms with Crippen LogP contribution in [0.25, 0.3) is 0 Å². The number of nitrogens with zero attached hydrogens (tertiary/aromatic N) is 1. The van der Waals surface area contributed by atoms with Gasteiger partial charge in [0.15, 0.2) is 0 Å². The molecule has 0 saturated heterocycles. The number of aryl methyl sites for hydroxylation is 1. The highest BCUT2D eigenvalue weighted by atomic mass is 32.2. The molecular formula is C22H31NO4S. The van der Waals surface area contributed by atoms with Crippen molar-refractivity contribution in [1.29, 1.82) is 0 Å². The van der Waals surface area contributed by atoms with Crippen LogP contribution >= 0.6 is 0 Å². The highest BCUT2D eigenvalue weighted by Crippen LogP contribution is 2.33. The minimum atomic E-state index is -3.82. The van der Waals surface area contributed by atoms with Crippen LogP contribution in [-0.2, 0) is 19.6 Å². The Morgan fingerprint density at radius 2 is 1.93 bits per heavy atom. The number of ether oxygens (including phenoxy) is 1. The Balaban J connectivity index is 2.33. The first-order valence-corrected chi connectivity index (χ1v) is 11.6. The van der Waals surface area contributed by atoms with E-state index >= 15 is 0 Å². The summed E-state index contributed by atoms with van der Waals surface area (Å²) >= 11 is 0. The normalized spacial score (nSPS) is 19.3. The quantitative estimate of drug-likeness (QED) is 0.374. The van der Waals surface area contributed by atoms with Crippen LogP contribution in [-0.4, -0.2) is 37.9 Å². The van der Waals surface area contributed by atoms with E-state index in [1.54, 1.807) is 31.2 Å². The van der Waals surface area contributed by atoms with E-state index in [-0.39, 0.29) is 30.0 Å². The second kappa shape index (κ2) is 10.6. The summed E-state index contributed by atoms with van der Waals surface area (Å²) in [4.78, 5) is 12.4. The second-order valence-corrected chi connectivity index (χ2v) is 9.09. The first-order chi connectivity index (χ1) is 13.4. The third-order valence-electron chi connectivity index (χ3n) is 5.01. The fraction of sp³-hybridized carbons (Fsp3) is 0.591. The SMILES string of the molecule is CCCCC#C[C@H]1CCC[C@H]1N(CC(=O)OCC)S(=O)(=O)c1ccc(C)cc1. The number of benzene rings is 1. The molecule has 1 aliphatic carbocycles. The van der Waals surface area contributed by atoms with Gasteiger partial charge in [-0.25, -0.2) is 8.42 Å². The van der Waals surface area contributed by atoms with Crippen molar-refractivity contribution in [2.45, 2.75) is 70.2 Å². The van der Waals surface area contributed by atoms with Gasteiger partial charge in [0.1, 0.15) is 6.54 Å². The largest absolute Gasteiger partial charge is 0.465 e. The summed E-state index contributed by atoms with van der Waals surface area (Å²) < 4.78 is 33.1. The lowest BCUT2D eigenvalue weighted by Gasteiger charge is -2.29. The molecule has 0 N–H and O–H groups in total. The van der Waals surface area contributed by atoms with Crippen molar-refractivity contribution in [1.82, 2.24) is 4.31 Å². The smallest absolute Gasteiger partial charge is 0.321 e. The Morgan fingerprint density at radius 1 is 1.21 bits per heavy atom. The molecule has 0 heterocycles. The predicted molar refractivity (Wildman–Crippen MR) is 110 cm³/mol. The van der Waals surface area contributed by atoms with Crippen LogP contribution in [0.3, 0.4) is 0 Å². The monoisotopic (exact) mass is 405 g/mol. The fourth-order valence-electron chi connectivity index (χ4n) is 3.48. The van der Waals surface area contributed by atoms with Crippen LogP contribution in [0.1, 0.15) is 57.9 Å². The molecule has 1 aromatic carbocycles. The van der Waals surface area contributed by atoms with E-state index in [0.29, 0.717) is 6.42 Å². The van der Waals surface area contributed by atoms with Gasteiger partial charge in [0.25, 0.3) is 0 Å². The average Bonchev–Trinajstić information content (AvgIpc) is 3.12. The molecule has 1 aromatic rings. The van der Waals surface area contributed by atoms with Crippen LogP contribution < -0.4 is 0 Å². The molecule has 2 rings (SSSR count). The van der Waals surface area contributed by atoms with E-state index < -0.39 is 16.0 Å². The Hall–Kier alpha value is -1.84. The first kappa shape index (κ1) is 22.4. The first-order valence-electron chi connectivity index (χ1n) is 10.1. The topological polar surface area (TPSA) is 63.7 Å². The molecule has 0 unspecified atom stereocenters. The van der Waals surface area contributed by atoms with Gasteiger partial charge in [-0.15, -0.1) is 5.92 Å². The summed E-state index contributed by atoms with van der Waals surface area (Å²) in [6, 6.07) is 6.43. The lowest BCUT2D eigenvalue weighted by atomic mass is 10.0. The zero-order valence-corrected chi connectivity index (χ0v) is 17.9. The summed E-state index contributed by atoms with van der Waals surface area (Å²) in [6.07, 6.45) is 5.41. The maximum atomic E-state index is 13.4. The molecule has 1 aliphatic rings. The van der Waals surface area contributed by atoms with Crippen LogP contribution in [0.15, 0.2) is 29.2 Å². The number of carbonyl (C=O) groups excluding carboxylic acids is 1. The van der Waals surface area contributed by atoms with E-state index in [2.05, 4.69) is 18.8 Å². The third-order valence-corrected chi connectivity index (χ3v) is 6.90. The number of carbonyl (C=O) groups is 1. The summed E-state index contributed by atoms with van der Waals surface area (Å²) in [7, 11) is -3.82. The van der Waals surface area contributed by atoms with Crippen molar-refractivity contribution >= 4 is 16.0 Å². The van der Waals surface area contributed by atoms with Gasteiger partial charge >= 0.3 is 5.97 Å². The molecule has 28 heavy (non-hydrogen) atoms. The van der Waals surface area contributed by atoms with Crippen LogP contribution in [0, 0.1) is 24.7 Å². The Labute approximate surface area is 169 Å². The summed E-state index contributed by atoms with van der Waals surface area (Å²) in [5, 5.41) is 0. The number of unbranched alkanes of at least 4 members (excludes halogenated alkanes) is 2. The van der Waals surface area contributed by atoms with Crippen molar-refractivity contribution in [3.05, 3.63) is 29.8 Å². The second-order valence-electron chi connectivity index (χ2n) is 7.20. The third kappa shape index (κ3) is 5.83. The summed E-state index contributed by atoms with van der Waals surface area (Å²) in [5.74, 6) is 5.90. The molecule has 1 saturated carbocycles. The summed E-state index contributed by atoms with van der Waals surface area (Å²) in [5.41, 5.74) is 0.983. The van der Waals surface area contributed by atoms with E-state index in [9.17, 15) is 13.2 Å². The number of hydrogen-bond donors (Lipinski definition) is 0. The molecule has 5 nitrogen and oxygen atoms in total. The fourth-order valence-corrected chi connectivity index (χ4v) is 5.12. The molecule has 6 heteroatoms. The molecule has 0 spiro atoms. The number of rotatable bonds is 8. The number of esters is 1. The lowest BCUT2D eigenvalue weighted by Crippen LogP contribution is -2.45. The van der Waals surface area contributed by atoms with Gasteiger partial charge in [-0.3, -0.25) is 4.79 Å². The Bertz CT molecular complexity index is 805. The van der Waals surface area contributed by atoms with Gasteiger partial charge in [-0.1, -0.05) is 43.4 Å². The van der Waals surface area contributed by atoms with E-state index in [1.807, 2.05) is 6.92 Å². The van der Waals surface area contributed by atoms with E-state index in [4.69, 9.17) is 4.74 Å². The minimum Gasteiger partial charge on any atom is -0.465 e. The van der Waals surface area contributed by atoms with E-state index in [1.165, 1.54) is 4.31 Å². The maximum Gasteiger partial charge on any atom is 0.321 e. The molecule has 154 valence electrons. The van der Waals surface area contributed by atoms with Gasteiger partial charge in [0.05, 0.1) is 11.5 Å². The van der Waals surface area contributed by atoms with Gasteiger partial charge in [0.2, 0.25) is 10.0 Å². The Kier molecular flexibility index (Phi) is 8.53. The molecule has 0 aromatic heterocycles. The highest BCUT2D eigenvalue weighted by molar-refractivity contribution is 7.89. The van der Waals surface area contributed by atoms with Crippen molar-refractivity contribution in [2.24, 2.45) is 5.92 Å². The molecule has 0 amide bonds. The molecular weight excluding hydrogens is 374 g/mol. The minimum absolute atomic E-state index is 0.0495. The van der Waals surface area contributed by atoms with Gasteiger partial charge in [-0.2, -0.15) is 4.31 Å². The zero-order chi connectivity index (χ0) is 20.6. The highest BCUT2D eigenvalue weighted by Gasteiger charge is 2.39. The van der Waals surface area contributed by atoms with Crippen molar-refractivity contribution < 1.29 is 17.9 Å². The van der Waals surface area contributed by atoms with Crippen molar-refractivity contribution in [3.8, 4) is 11.8 Å². The molecule has 2 atom stereocenters. The van der Waals surface area contributed by atoms with Gasteiger partial charge in [-0.05, 0) is 45.2 Å². The lowest BCUT2D eigenvalue weighted by molar-refractivity contribution is -0.143. The van der Waals surface area contributed by atoms with Crippen LogP contribution in [0.4, 0.5) is 0 Å². The van der Waals surface area contributed by atoms with Crippen molar-refractivity contribution in [2.75, 3.05) is 13.2 Å². The zero-order valence-electron chi connectivity index (χ0n) is 17.1. The van der Waals surface area contributed by atoms with Crippen LogP contribution in [0.5, 0.6) is 0 Å². The molecule has 1 fully saturated rings.